The van der Waals surface area contributed by atoms with Crippen LogP contribution in [0.15, 0.2) is 87.2 Å². The number of ketones is 1. The van der Waals surface area contributed by atoms with Crippen molar-refractivity contribution >= 4 is 28.3 Å². The molecular formula is C25H18N4O5S. The Bertz CT molecular complexity index is 1600. The zero-order chi connectivity index (χ0) is 24.4. The van der Waals surface area contributed by atoms with E-state index in [0.717, 1.165) is 17.3 Å². The number of aromatic nitrogens is 4. The van der Waals surface area contributed by atoms with Crippen molar-refractivity contribution in [1.82, 2.24) is 20.0 Å². The molecule has 0 aliphatic rings. The summed E-state index contributed by atoms with van der Waals surface area (Å²) in [6.07, 6.45) is 0. The third kappa shape index (κ3) is 4.64. The van der Waals surface area contributed by atoms with Gasteiger partial charge in [0, 0.05) is 10.9 Å². The summed E-state index contributed by atoms with van der Waals surface area (Å²) in [5.41, 5.74) is 1.30. The minimum atomic E-state index is -0.371. The molecular weight excluding hydrogens is 468 g/mol. The molecule has 0 saturated carbocycles. The van der Waals surface area contributed by atoms with Gasteiger partial charge in [0.25, 0.3) is 16.7 Å². The van der Waals surface area contributed by atoms with Crippen LogP contribution in [0.25, 0.3) is 22.4 Å². The molecule has 3 aromatic carbocycles. The van der Waals surface area contributed by atoms with Crippen molar-refractivity contribution in [2.45, 2.75) is 11.8 Å². The number of Topliss-reactive ketones (excluding diaryl/α,β-unsaturated/α-hetero) is 1. The minimum Gasteiger partial charge on any atom is -0.504 e. The lowest BCUT2D eigenvalue weighted by molar-refractivity contribution is 0.102. The molecule has 0 aliphatic heterocycles. The van der Waals surface area contributed by atoms with Crippen molar-refractivity contribution in [3.63, 3.8) is 0 Å². The Morgan fingerprint density at radius 2 is 1.66 bits per heavy atom. The number of rotatable bonds is 7. The summed E-state index contributed by atoms with van der Waals surface area (Å²) >= 11 is 1.03. The topological polar surface area (TPSA) is 131 Å². The average molecular weight is 487 g/mol. The van der Waals surface area contributed by atoms with Crippen LogP contribution in [0.4, 0.5) is 0 Å². The molecule has 0 atom stereocenters. The maximum Gasteiger partial charge on any atom is 0.277 e. The first-order chi connectivity index (χ1) is 17.0. The number of aromatic hydroxyl groups is 2. The highest BCUT2D eigenvalue weighted by molar-refractivity contribution is 7.99. The lowest BCUT2D eigenvalue weighted by Crippen LogP contribution is -2.24. The number of phenolic OH excluding ortho intramolecular Hbond substituents is 2. The summed E-state index contributed by atoms with van der Waals surface area (Å²) in [6, 6.07) is 20.4. The third-order valence-corrected chi connectivity index (χ3v) is 6.09. The van der Waals surface area contributed by atoms with Gasteiger partial charge in [0.2, 0.25) is 0 Å². The number of hydrogen-bond donors (Lipinski definition) is 2. The van der Waals surface area contributed by atoms with Gasteiger partial charge in [0.15, 0.2) is 23.0 Å². The van der Waals surface area contributed by atoms with Gasteiger partial charge in [0.1, 0.15) is 0 Å². The van der Waals surface area contributed by atoms with Gasteiger partial charge in [-0.2, -0.15) is 5.10 Å². The van der Waals surface area contributed by atoms with Gasteiger partial charge in [-0.15, -0.1) is 10.2 Å². The van der Waals surface area contributed by atoms with E-state index in [1.165, 1.54) is 22.9 Å². The van der Waals surface area contributed by atoms with Crippen molar-refractivity contribution in [3.8, 4) is 23.1 Å². The number of benzene rings is 3. The summed E-state index contributed by atoms with van der Waals surface area (Å²) < 4.78 is 7.14. The fourth-order valence-corrected chi connectivity index (χ4v) is 4.19. The number of phenols is 2. The summed E-state index contributed by atoms with van der Waals surface area (Å²) in [5.74, 6) is -0.855. The predicted octanol–water partition coefficient (Wildman–Crippen LogP) is 3.88. The van der Waals surface area contributed by atoms with Gasteiger partial charge >= 0.3 is 0 Å². The first-order valence-electron chi connectivity index (χ1n) is 10.6. The second-order valence-corrected chi connectivity index (χ2v) is 8.56. The van der Waals surface area contributed by atoms with Gasteiger partial charge in [-0.1, -0.05) is 60.3 Å². The fourth-order valence-electron chi connectivity index (χ4n) is 3.53. The number of nitrogens with zero attached hydrogens (tertiary/aromatic N) is 4. The van der Waals surface area contributed by atoms with Crippen LogP contribution in [0.1, 0.15) is 15.9 Å². The molecule has 9 nitrogen and oxygen atoms in total. The summed E-state index contributed by atoms with van der Waals surface area (Å²) in [4.78, 5) is 25.5. The zero-order valence-corrected chi connectivity index (χ0v) is 19.0. The van der Waals surface area contributed by atoms with Crippen LogP contribution in [0, 0.1) is 0 Å². The molecule has 2 heterocycles. The number of thioether (sulfide) groups is 1. The summed E-state index contributed by atoms with van der Waals surface area (Å²) in [6.45, 7) is 0.279. The smallest absolute Gasteiger partial charge is 0.277 e. The number of carbonyl (C=O) groups excluding carboxylic acids is 1. The normalized spacial score (nSPS) is 11.1. The van der Waals surface area contributed by atoms with Crippen LogP contribution in [-0.4, -0.2) is 41.7 Å². The highest BCUT2D eigenvalue weighted by atomic mass is 32.2. The molecule has 0 radical (unpaired) electrons. The standard InChI is InChI=1S/C25H18N4O5S/c30-19-11-10-16(12-20(19)31)21(32)14-35-25-27-26-23(34-25)22-17-8-4-5-9-18(17)24(33)29(28-22)13-15-6-2-1-3-7-15/h1-12,30-31H,13-14H2. The molecule has 2 aromatic heterocycles. The van der Waals surface area contributed by atoms with Crippen LogP contribution in [0.3, 0.4) is 0 Å². The monoisotopic (exact) mass is 486 g/mol. The van der Waals surface area contributed by atoms with E-state index in [1.54, 1.807) is 24.3 Å². The van der Waals surface area contributed by atoms with Crippen molar-refractivity contribution in [1.29, 1.82) is 0 Å². The molecule has 5 rings (SSSR count). The Balaban J connectivity index is 1.43. The molecule has 2 N–H and O–H groups in total. The zero-order valence-electron chi connectivity index (χ0n) is 18.2. The predicted molar refractivity (Wildman–Crippen MR) is 130 cm³/mol. The van der Waals surface area contributed by atoms with Crippen molar-refractivity contribution < 1.29 is 19.4 Å². The Labute approximate surface area is 202 Å². The third-order valence-electron chi connectivity index (χ3n) is 5.28. The molecule has 0 saturated heterocycles. The molecule has 10 heteroatoms. The summed E-state index contributed by atoms with van der Waals surface area (Å²) in [5, 5.41) is 32.8. The van der Waals surface area contributed by atoms with Gasteiger partial charge in [-0.25, -0.2) is 4.68 Å². The minimum absolute atomic E-state index is 0.0203. The highest BCUT2D eigenvalue weighted by Gasteiger charge is 2.19. The first kappa shape index (κ1) is 22.4. The summed E-state index contributed by atoms with van der Waals surface area (Å²) in [7, 11) is 0. The molecule has 174 valence electrons. The van der Waals surface area contributed by atoms with Crippen molar-refractivity contribution in [2.75, 3.05) is 5.75 Å². The van der Waals surface area contributed by atoms with Crippen molar-refractivity contribution in [3.05, 3.63) is 94.3 Å². The second kappa shape index (κ2) is 9.43. The van der Waals surface area contributed by atoms with Gasteiger partial charge in [-0.3, -0.25) is 9.59 Å². The van der Waals surface area contributed by atoms with Crippen LogP contribution in [-0.2, 0) is 6.54 Å². The van der Waals surface area contributed by atoms with E-state index in [1.807, 2.05) is 30.3 Å². The molecule has 0 aliphatic carbocycles. The Morgan fingerprint density at radius 1 is 0.914 bits per heavy atom. The van der Waals surface area contributed by atoms with E-state index < -0.39 is 0 Å². The van der Waals surface area contributed by atoms with Crippen LogP contribution in [0.5, 0.6) is 11.5 Å². The van der Waals surface area contributed by atoms with Crippen molar-refractivity contribution in [2.24, 2.45) is 0 Å². The Morgan fingerprint density at radius 3 is 2.43 bits per heavy atom. The van der Waals surface area contributed by atoms with E-state index in [2.05, 4.69) is 15.3 Å². The fraction of sp³-hybridized carbons (Fsp3) is 0.0800. The lowest BCUT2D eigenvalue weighted by Gasteiger charge is -2.09. The second-order valence-electron chi connectivity index (χ2n) is 7.63. The SMILES string of the molecule is O=C(CSc1nnc(-c2nn(Cc3ccccc3)c(=O)c3ccccc23)o1)c1ccc(O)c(O)c1. The lowest BCUT2D eigenvalue weighted by atomic mass is 10.1. The van der Waals surface area contributed by atoms with Crippen LogP contribution < -0.4 is 5.56 Å². The maximum absolute atomic E-state index is 13.0. The molecule has 0 unspecified atom stereocenters. The average Bonchev–Trinajstić information content (AvgIpc) is 3.35. The number of fused-ring (bicyclic) bond motifs is 1. The molecule has 35 heavy (non-hydrogen) atoms. The molecule has 5 aromatic rings. The van der Waals surface area contributed by atoms with E-state index >= 15 is 0 Å². The largest absolute Gasteiger partial charge is 0.504 e. The Hall–Kier alpha value is -4.44. The van der Waals surface area contributed by atoms with E-state index in [4.69, 9.17) is 4.42 Å². The van der Waals surface area contributed by atoms with Gasteiger partial charge < -0.3 is 14.6 Å². The van der Waals surface area contributed by atoms with E-state index in [0.29, 0.717) is 16.5 Å². The van der Waals surface area contributed by atoms with E-state index in [-0.39, 0.29) is 51.8 Å². The molecule has 0 amide bonds. The molecule has 0 fully saturated rings. The first-order valence-corrected chi connectivity index (χ1v) is 11.5. The van der Waals surface area contributed by atoms with Crippen LogP contribution >= 0.6 is 11.8 Å². The van der Waals surface area contributed by atoms with Crippen LogP contribution in [0.2, 0.25) is 0 Å². The number of hydrogen-bond acceptors (Lipinski definition) is 9. The molecule has 0 spiro atoms. The quantitative estimate of drug-likeness (QED) is 0.200. The van der Waals surface area contributed by atoms with Gasteiger partial charge in [-0.05, 0) is 29.8 Å². The number of carbonyl (C=O) groups is 1. The maximum atomic E-state index is 13.0. The van der Waals surface area contributed by atoms with Gasteiger partial charge in [0.05, 0.1) is 17.7 Å². The van der Waals surface area contributed by atoms with E-state index in [9.17, 15) is 19.8 Å². The highest BCUT2D eigenvalue weighted by Crippen LogP contribution is 2.28. The molecule has 0 bridgehead atoms. The Kier molecular flexibility index (Phi) is 6.02.